The minimum atomic E-state index is -0.505. The van der Waals surface area contributed by atoms with Gasteiger partial charge in [0.15, 0.2) is 0 Å². The summed E-state index contributed by atoms with van der Waals surface area (Å²) < 4.78 is 0. The molecule has 2 aliphatic rings. The van der Waals surface area contributed by atoms with Gasteiger partial charge in [0.25, 0.3) is 0 Å². The highest BCUT2D eigenvalue weighted by Gasteiger charge is 2.51. The predicted molar refractivity (Wildman–Crippen MR) is 80.3 cm³/mol. The van der Waals surface area contributed by atoms with E-state index in [2.05, 4.69) is 35.2 Å². The Kier molecular flexibility index (Phi) is 2.46. The van der Waals surface area contributed by atoms with Crippen molar-refractivity contribution in [3.63, 3.8) is 0 Å². The SMILES string of the molecule is CC(C)c1cnc2c(c1)C[C@@]1(C2)C(=O)Nc2ncccc21. The number of carbonyl (C=O) groups excluding carboxylic acids is 1. The molecular weight excluding hydrogens is 262 g/mol. The fraction of sp³-hybridized carbons (Fsp3) is 0.353. The lowest BCUT2D eigenvalue weighted by molar-refractivity contribution is -0.120. The van der Waals surface area contributed by atoms with Crippen molar-refractivity contribution < 1.29 is 4.79 Å². The third kappa shape index (κ3) is 1.65. The largest absolute Gasteiger partial charge is 0.310 e. The van der Waals surface area contributed by atoms with Crippen LogP contribution in [-0.2, 0) is 23.1 Å². The molecule has 0 aromatic carbocycles. The maximum absolute atomic E-state index is 12.6. The smallest absolute Gasteiger partial charge is 0.237 e. The van der Waals surface area contributed by atoms with Crippen molar-refractivity contribution in [3.8, 4) is 0 Å². The van der Waals surface area contributed by atoms with Crippen LogP contribution in [0.2, 0.25) is 0 Å². The second-order valence-corrected chi connectivity index (χ2v) is 6.32. The summed E-state index contributed by atoms with van der Waals surface area (Å²) in [5, 5.41) is 2.92. The first-order valence-corrected chi connectivity index (χ1v) is 7.35. The van der Waals surface area contributed by atoms with Crippen LogP contribution in [0.3, 0.4) is 0 Å². The Morgan fingerprint density at radius 1 is 1.29 bits per heavy atom. The maximum atomic E-state index is 12.6. The van der Waals surface area contributed by atoms with Gasteiger partial charge in [-0.15, -0.1) is 0 Å². The Labute approximate surface area is 123 Å². The molecule has 1 aliphatic heterocycles. The van der Waals surface area contributed by atoms with E-state index < -0.39 is 5.41 Å². The second-order valence-electron chi connectivity index (χ2n) is 6.32. The Morgan fingerprint density at radius 2 is 2.14 bits per heavy atom. The molecule has 106 valence electrons. The summed E-state index contributed by atoms with van der Waals surface area (Å²) in [4.78, 5) is 21.5. The zero-order chi connectivity index (χ0) is 14.6. The fourth-order valence-corrected chi connectivity index (χ4v) is 3.45. The van der Waals surface area contributed by atoms with Gasteiger partial charge in [0.05, 0.1) is 5.41 Å². The van der Waals surface area contributed by atoms with E-state index >= 15 is 0 Å². The molecule has 1 atom stereocenters. The zero-order valence-electron chi connectivity index (χ0n) is 12.2. The molecule has 4 nitrogen and oxygen atoms in total. The first-order chi connectivity index (χ1) is 10.1. The van der Waals surface area contributed by atoms with Crippen molar-refractivity contribution in [1.82, 2.24) is 9.97 Å². The van der Waals surface area contributed by atoms with Gasteiger partial charge < -0.3 is 5.32 Å². The molecule has 1 N–H and O–H groups in total. The number of anilines is 1. The van der Waals surface area contributed by atoms with Crippen molar-refractivity contribution in [1.29, 1.82) is 0 Å². The molecule has 0 fully saturated rings. The van der Waals surface area contributed by atoms with Gasteiger partial charge in [0.2, 0.25) is 5.91 Å². The van der Waals surface area contributed by atoms with Crippen molar-refractivity contribution in [3.05, 3.63) is 53.0 Å². The van der Waals surface area contributed by atoms with E-state index in [1.165, 1.54) is 11.1 Å². The summed E-state index contributed by atoms with van der Waals surface area (Å²) in [5.41, 5.74) is 3.99. The van der Waals surface area contributed by atoms with Crippen LogP contribution >= 0.6 is 0 Å². The third-order valence-electron chi connectivity index (χ3n) is 4.70. The molecule has 1 aliphatic carbocycles. The Morgan fingerprint density at radius 3 is 2.95 bits per heavy atom. The van der Waals surface area contributed by atoms with E-state index in [9.17, 15) is 4.79 Å². The van der Waals surface area contributed by atoms with Gasteiger partial charge in [-0.2, -0.15) is 0 Å². The number of nitrogens with one attached hydrogen (secondary N) is 1. The third-order valence-corrected chi connectivity index (χ3v) is 4.70. The minimum absolute atomic E-state index is 0.0558. The van der Waals surface area contributed by atoms with Gasteiger partial charge in [-0.05, 0) is 29.5 Å². The molecule has 4 rings (SSSR count). The molecule has 0 saturated carbocycles. The first kappa shape index (κ1) is 12.5. The maximum Gasteiger partial charge on any atom is 0.237 e. The summed E-state index contributed by atoms with van der Waals surface area (Å²) in [6, 6.07) is 6.12. The summed E-state index contributed by atoms with van der Waals surface area (Å²) in [6.45, 7) is 4.32. The highest BCUT2D eigenvalue weighted by atomic mass is 16.2. The van der Waals surface area contributed by atoms with Crippen LogP contribution in [0.4, 0.5) is 5.82 Å². The highest BCUT2D eigenvalue weighted by molar-refractivity contribution is 6.06. The van der Waals surface area contributed by atoms with Gasteiger partial charge in [-0.1, -0.05) is 26.0 Å². The molecular formula is C17H17N3O. The van der Waals surface area contributed by atoms with Crippen molar-refractivity contribution in [2.75, 3.05) is 5.32 Å². The standard InChI is InChI=1S/C17H17N3O/c1-10(2)12-6-11-7-17(8-14(11)19-9-12)13-4-3-5-18-15(13)20-16(17)21/h3-6,9-10H,7-8H2,1-2H3,(H,18,20,21)/t17-/m0/s1. The number of amides is 1. The molecule has 4 heteroatoms. The Hall–Kier alpha value is -2.23. The van der Waals surface area contributed by atoms with Crippen LogP contribution in [0.5, 0.6) is 0 Å². The van der Waals surface area contributed by atoms with E-state index in [1.54, 1.807) is 6.20 Å². The highest BCUT2D eigenvalue weighted by Crippen LogP contribution is 2.46. The number of nitrogens with zero attached hydrogens (tertiary/aromatic N) is 2. The van der Waals surface area contributed by atoms with E-state index in [0.29, 0.717) is 18.2 Å². The monoisotopic (exact) mass is 279 g/mol. The van der Waals surface area contributed by atoms with Gasteiger partial charge in [-0.3, -0.25) is 9.78 Å². The van der Waals surface area contributed by atoms with Crippen molar-refractivity contribution >= 4 is 11.7 Å². The lowest BCUT2D eigenvalue weighted by Gasteiger charge is -2.19. The fourth-order valence-electron chi connectivity index (χ4n) is 3.45. The number of aromatic nitrogens is 2. The average molecular weight is 279 g/mol. The van der Waals surface area contributed by atoms with Gasteiger partial charge >= 0.3 is 0 Å². The molecule has 1 amide bonds. The van der Waals surface area contributed by atoms with Crippen LogP contribution in [0.15, 0.2) is 30.6 Å². The summed E-state index contributed by atoms with van der Waals surface area (Å²) in [6.07, 6.45) is 5.06. The van der Waals surface area contributed by atoms with Crippen LogP contribution in [0.25, 0.3) is 0 Å². The molecule has 3 heterocycles. The van der Waals surface area contributed by atoms with E-state index in [1.807, 2.05) is 18.3 Å². The quantitative estimate of drug-likeness (QED) is 0.873. The summed E-state index contributed by atoms with van der Waals surface area (Å²) >= 11 is 0. The van der Waals surface area contributed by atoms with Crippen LogP contribution in [-0.4, -0.2) is 15.9 Å². The van der Waals surface area contributed by atoms with Crippen LogP contribution in [0, 0.1) is 0 Å². The van der Waals surface area contributed by atoms with Gasteiger partial charge in [-0.25, -0.2) is 4.98 Å². The summed E-state index contributed by atoms with van der Waals surface area (Å²) in [7, 11) is 0. The second kappa shape index (κ2) is 4.13. The topological polar surface area (TPSA) is 54.9 Å². The van der Waals surface area contributed by atoms with E-state index in [4.69, 9.17) is 0 Å². The average Bonchev–Trinajstić information content (AvgIpc) is 2.98. The number of hydrogen-bond donors (Lipinski definition) is 1. The number of carbonyl (C=O) groups is 1. The van der Waals surface area contributed by atoms with E-state index in [0.717, 1.165) is 17.7 Å². The number of hydrogen-bond acceptors (Lipinski definition) is 3. The predicted octanol–water partition coefficient (Wildman–Crippen LogP) is 2.59. The molecule has 21 heavy (non-hydrogen) atoms. The zero-order valence-corrected chi connectivity index (χ0v) is 12.2. The lowest BCUT2D eigenvalue weighted by atomic mass is 9.80. The van der Waals surface area contributed by atoms with Crippen LogP contribution < -0.4 is 5.32 Å². The normalized spacial score (nSPS) is 22.5. The van der Waals surface area contributed by atoms with E-state index in [-0.39, 0.29) is 5.91 Å². The first-order valence-electron chi connectivity index (χ1n) is 7.35. The molecule has 2 aromatic rings. The number of fused-ring (bicyclic) bond motifs is 3. The minimum Gasteiger partial charge on any atom is -0.310 e. The van der Waals surface area contributed by atoms with Crippen molar-refractivity contribution in [2.24, 2.45) is 0 Å². The van der Waals surface area contributed by atoms with Gasteiger partial charge in [0.1, 0.15) is 5.82 Å². The molecule has 2 aromatic heterocycles. The molecule has 0 saturated heterocycles. The Balaban J connectivity index is 1.81. The van der Waals surface area contributed by atoms with Crippen molar-refractivity contribution in [2.45, 2.75) is 38.0 Å². The lowest BCUT2D eigenvalue weighted by Crippen LogP contribution is -2.35. The molecule has 0 unspecified atom stereocenters. The number of rotatable bonds is 1. The number of pyridine rings is 2. The molecule has 1 spiro atoms. The van der Waals surface area contributed by atoms with Gasteiger partial charge in [0, 0.05) is 30.1 Å². The molecule has 0 bridgehead atoms. The Bertz CT molecular complexity index is 753. The van der Waals surface area contributed by atoms with Crippen LogP contribution in [0.1, 0.15) is 42.1 Å². The molecule has 0 radical (unpaired) electrons. The summed E-state index contributed by atoms with van der Waals surface area (Å²) in [5.74, 6) is 1.21.